The van der Waals surface area contributed by atoms with Gasteiger partial charge in [-0.3, -0.25) is 13.9 Å². The van der Waals surface area contributed by atoms with Crippen LogP contribution in [-0.2, 0) is 22.6 Å². The number of hydrogen-bond donors (Lipinski definition) is 1. The lowest BCUT2D eigenvalue weighted by Gasteiger charge is -2.08. The van der Waals surface area contributed by atoms with Crippen LogP contribution < -0.4 is 11.0 Å². The Hall–Kier alpha value is -2.08. The quantitative estimate of drug-likeness (QED) is 0.714. The van der Waals surface area contributed by atoms with Crippen LogP contribution in [-0.4, -0.2) is 34.8 Å². The fourth-order valence-corrected chi connectivity index (χ4v) is 2.65. The molecule has 0 aliphatic carbocycles. The highest BCUT2D eigenvalue weighted by molar-refractivity contribution is 5.80. The summed E-state index contributed by atoms with van der Waals surface area (Å²) in [5, 5.41) is 2.85. The van der Waals surface area contributed by atoms with Crippen LogP contribution in [0.3, 0.4) is 0 Å². The predicted octanol–water partition coefficient (Wildman–Crippen LogP) is 2.00. The molecule has 24 heavy (non-hydrogen) atoms. The molecule has 0 bridgehead atoms. The van der Waals surface area contributed by atoms with E-state index in [-0.39, 0.29) is 18.1 Å². The van der Waals surface area contributed by atoms with Gasteiger partial charge in [0.2, 0.25) is 5.91 Å². The molecule has 2 rings (SSSR count). The maximum absolute atomic E-state index is 12.5. The van der Waals surface area contributed by atoms with Gasteiger partial charge >= 0.3 is 5.69 Å². The number of imidazole rings is 1. The van der Waals surface area contributed by atoms with E-state index in [1.54, 1.807) is 4.57 Å². The number of carbonyl (C=O) groups excluding carboxylic acids is 1. The first kappa shape index (κ1) is 18.3. The summed E-state index contributed by atoms with van der Waals surface area (Å²) < 4.78 is 8.69. The van der Waals surface area contributed by atoms with Crippen LogP contribution in [0.1, 0.15) is 27.2 Å². The first-order valence-corrected chi connectivity index (χ1v) is 8.57. The Morgan fingerprint density at radius 2 is 1.88 bits per heavy atom. The number of hydrogen-bond acceptors (Lipinski definition) is 3. The molecule has 1 aromatic carbocycles. The topological polar surface area (TPSA) is 65.3 Å². The number of amides is 1. The van der Waals surface area contributed by atoms with Gasteiger partial charge in [0.15, 0.2) is 0 Å². The van der Waals surface area contributed by atoms with Gasteiger partial charge in [-0.2, -0.15) is 0 Å². The zero-order chi connectivity index (χ0) is 17.5. The molecule has 0 fully saturated rings. The van der Waals surface area contributed by atoms with E-state index in [0.29, 0.717) is 25.6 Å². The molecule has 0 aliphatic rings. The summed E-state index contributed by atoms with van der Waals surface area (Å²) in [5.41, 5.74) is 1.51. The van der Waals surface area contributed by atoms with Crippen LogP contribution in [0.25, 0.3) is 11.0 Å². The summed E-state index contributed by atoms with van der Waals surface area (Å²) >= 11 is 0. The molecular weight excluding hydrogens is 306 g/mol. The average Bonchev–Trinajstić information content (AvgIpc) is 2.82. The molecule has 0 spiro atoms. The molecule has 132 valence electrons. The van der Waals surface area contributed by atoms with Crippen molar-refractivity contribution in [1.29, 1.82) is 0 Å². The minimum absolute atomic E-state index is 0.0409. The normalized spacial score (nSPS) is 11.3. The molecule has 0 saturated heterocycles. The van der Waals surface area contributed by atoms with Crippen molar-refractivity contribution in [1.82, 2.24) is 14.5 Å². The number of aryl methyl sites for hydroxylation is 1. The van der Waals surface area contributed by atoms with Gasteiger partial charge in [0.05, 0.1) is 11.0 Å². The lowest BCUT2D eigenvalue weighted by atomic mass is 10.2. The zero-order valence-corrected chi connectivity index (χ0v) is 14.7. The molecule has 1 N–H and O–H groups in total. The second-order valence-corrected chi connectivity index (χ2v) is 6.27. The van der Waals surface area contributed by atoms with Crippen molar-refractivity contribution in [2.24, 2.45) is 5.92 Å². The van der Waals surface area contributed by atoms with Crippen LogP contribution >= 0.6 is 0 Å². The minimum Gasteiger partial charge on any atom is -0.381 e. The van der Waals surface area contributed by atoms with E-state index < -0.39 is 0 Å². The maximum Gasteiger partial charge on any atom is 0.329 e. The lowest BCUT2D eigenvalue weighted by molar-refractivity contribution is -0.121. The van der Waals surface area contributed by atoms with Gasteiger partial charge < -0.3 is 10.1 Å². The zero-order valence-electron chi connectivity index (χ0n) is 14.7. The summed E-state index contributed by atoms with van der Waals surface area (Å²) in [6.45, 7) is 8.68. The van der Waals surface area contributed by atoms with Gasteiger partial charge in [0, 0.05) is 26.3 Å². The largest absolute Gasteiger partial charge is 0.381 e. The van der Waals surface area contributed by atoms with E-state index >= 15 is 0 Å². The Bertz CT molecular complexity index is 731. The number of nitrogens with zero attached hydrogens (tertiary/aromatic N) is 2. The SMILES string of the molecule is CCn1c(=O)n(CC(=O)NCCCOCC(C)C)c2ccccc21. The van der Waals surface area contributed by atoms with Crippen molar-refractivity contribution >= 4 is 16.9 Å². The smallest absolute Gasteiger partial charge is 0.329 e. The first-order chi connectivity index (χ1) is 11.5. The number of para-hydroxylation sites is 2. The fraction of sp³-hybridized carbons (Fsp3) is 0.556. The lowest BCUT2D eigenvalue weighted by Crippen LogP contribution is -2.33. The van der Waals surface area contributed by atoms with Crippen LogP contribution in [0.2, 0.25) is 0 Å². The van der Waals surface area contributed by atoms with E-state index in [1.165, 1.54) is 4.57 Å². The number of rotatable bonds is 9. The highest BCUT2D eigenvalue weighted by atomic mass is 16.5. The standard InChI is InChI=1S/C18H27N3O3/c1-4-20-15-8-5-6-9-16(15)21(18(20)23)12-17(22)19-10-7-11-24-13-14(2)3/h5-6,8-9,14H,4,7,10-13H2,1-3H3,(H,19,22). The fourth-order valence-electron chi connectivity index (χ4n) is 2.65. The van der Waals surface area contributed by atoms with E-state index in [0.717, 1.165) is 24.1 Å². The third kappa shape index (κ3) is 4.47. The first-order valence-electron chi connectivity index (χ1n) is 8.57. The Morgan fingerprint density at radius 1 is 1.21 bits per heavy atom. The predicted molar refractivity (Wildman–Crippen MR) is 95.2 cm³/mol. The third-order valence-corrected chi connectivity index (χ3v) is 3.78. The second kappa shape index (κ2) is 8.68. The molecule has 1 aromatic heterocycles. The number of aromatic nitrogens is 2. The Kier molecular flexibility index (Phi) is 6.61. The highest BCUT2D eigenvalue weighted by Gasteiger charge is 2.13. The summed E-state index contributed by atoms with van der Waals surface area (Å²) in [7, 11) is 0. The van der Waals surface area contributed by atoms with Gasteiger partial charge in [-0.25, -0.2) is 4.79 Å². The van der Waals surface area contributed by atoms with Crippen LogP contribution in [0.5, 0.6) is 0 Å². The van der Waals surface area contributed by atoms with E-state index in [1.807, 2.05) is 31.2 Å². The summed E-state index contributed by atoms with van der Waals surface area (Å²) in [5.74, 6) is 0.363. The summed E-state index contributed by atoms with van der Waals surface area (Å²) in [6, 6.07) is 7.55. The second-order valence-electron chi connectivity index (χ2n) is 6.27. The van der Waals surface area contributed by atoms with Gasteiger partial charge in [-0.05, 0) is 31.4 Å². The Labute approximate surface area is 142 Å². The monoisotopic (exact) mass is 333 g/mol. The third-order valence-electron chi connectivity index (χ3n) is 3.78. The van der Waals surface area contributed by atoms with Crippen molar-refractivity contribution in [3.63, 3.8) is 0 Å². The van der Waals surface area contributed by atoms with Gasteiger partial charge in [0.1, 0.15) is 6.54 Å². The number of benzene rings is 1. The van der Waals surface area contributed by atoms with Gasteiger partial charge in [-0.1, -0.05) is 26.0 Å². The van der Waals surface area contributed by atoms with E-state index in [9.17, 15) is 9.59 Å². The van der Waals surface area contributed by atoms with Crippen LogP contribution in [0.15, 0.2) is 29.1 Å². The molecule has 1 amide bonds. The van der Waals surface area contributed by atoms with E-state index in [4.69, 9.17) is 4.74 Å². The van der Waals surface area contributed by atoms with Crippen molar-refractivity contribution in [3.8, 4) is 0 Å². The van der Waals surface area contributed by atoms with Crippen LogP contribution in [0.4, 0.5) is 0 Å². The minimum atomic E-state index is -0.153. The molecule has 2 aromatic rings. The molecule has 6 heteroatoms. The van der Waals surface area contributed by atoms with Gasteiger partial charge in [-0.15, -0.1) is 0 Å². The van der Waals surface area contributed by atoms with Crippen molar-refractivity contribution in [2.45, 2.75) is 40.3 Å². The molecule has 1 heterocycles. The maximum atomic E-state index is 12.5. The molecule has 0 aliphatic heterocycles. The number of nitrogens with one attached hydrogen (secondary N) is 1. The summed E-state index contributed by atoms with van der Waals surface area (Å²) in [4.78, 5) is 24.6. The molecule has 0 saturated carbocycles. The average molecular weight is 333 g/mol. The van der Waals surface area contributed by atoms with Crippen molar-refractivity contribution in [3.05, 3.63) is 34.7 Å². The van der Waals surface area contributed by atoms with Crippen molar-refractivity contribution < 1.29 is 9.53 Å². The molecule has 0 unspecified atom stereocenters. The van der Waals surface area contributed by atoms with E-state index in [2.05, 4.69) is 19.2 Å². The molecule has 6 nitrogen and oxygen atoms in total. The molecule has 0 radical (unpaired) electrons. The van der Waals surface area contributed by atoms with Crippen LogP contribution in [0, 0.1) is 5.92 Å². The Morgan fingerprint density at radius 3 is 2.50 bits per heavy atom. The highest BCUT2D eigenvalue weighted by Crippen LogP contribution is 2.12. The Balaban J connectivity index is 1.92. The number of fused-ring (bicyclic) bond motifs is 1. The van der Waals surface area contributed by atoms with Gasteiger partial charge in [0.25, 0.3) is 0 Å². The number of ether oxygens (including phenoxy) is 1. The summed E-state index contributed by atoms with van der Waals surface area (Å²) in [6.07, 6.45) is 0.768. The van der Waals surface area contributed by atoms with Crippen molar-refractivity contribution in [2.75, 3.05) is 19.8 Å². The molecular formula is C18H27N3O3. The number of carbonyl (C=O) groups is 1. The molecule has 0 atom stereocenters.